The Morgan fingerprint density at radius 2 is 2.12 bits per heavy atom. The number of aliphatic hydroxyl groups excluding tert-OH is 1. The van der Waals surface area contributed by atoms with E-state index in [1.54, 1.807) is 25.4 Å². The summed E-state index contributed by atoms with van der Waals surface area (Å²) in [5, 5.41) is 20.5. The number of hydrogen-bond donors (Lipinski definition) is 3. The largest absolute Gasteiger partial charge is 0.481 e. The van der Waals surface area contributed by atoms with Crippen molar-refractivity contribution in [2.24, 2.45) is 10.9 Å². The fourth-order valence-corrected chi connectivity index (χ4v) is 4.48. The van der Waals surface area contributed by atoms with E-state index in [1.807, 2.05) is 24.4 Å². The van der Waals surface area contributed by atoms with Gasteiger partial charge in [0.05, 0.1) is 30.6 Å². The summed E-state index contributed by atoms with van der Waals surface area (Å²) in [4.78, 5) is 24.0. The zero-order valence-electron chi connectivity index (χ0n) is 19.1. The Bertz CT molecular complexity index is 1230. The number of H-pyrrole nitrogens is 1. The number of fused-ring (bicyclic) bond motifs is 1. The van der Waals surface area contributed by atoms with Crippen LogP contribution in [0.25, 0.3) is 16.5 Å². The molecule has 5 rings (SSSR count). The Labute approximate surface area is 197 Å². The topological polar surface area (TPSA) is 116 Å². The van der Waals surface area contributed by atoms with Crippen molar-refractivity contribution in [2.75, 3.05) is 38.6 Å². The van der Waals surface area contributed by atoms with Crippen LogP contribution in [-0.2, 0) is 0 Å². The van der Waals surface area contributed by atoms with Gasteiger partial charge in [-0.15, -0.1) is 0 Å². The molecule has 1 aromatic carbocycles. The second-order valence-electron chi connectivity index (χ2n) is 8.78. The van der Waals surface area contributed by atoms with E-state index in [0.717, 1.165) is 61.1 Å². The van der Waals surface area contributed by atoms with Crippen molar-refractivity contribution in [2.45, 2.75) is 18.9 Å². The van der Waals surface area contributed by atoms with Gasteiger partial charge in [0.15, 0.2) is 5.69 Å². The number of allylic oxidation sites excluding steroid dienone is 1. The quantitative estimate of drug-likeness (QED) is 0.521. The van der Waals surface area contributed by atoms with E-state index in [0.29, 0.717) is 23.2 Å². The minimum atomic E-state index is -0.313. The van der Waals surface area contributed by atoms with E-state index in [9.17, 15) is 9.90 Å². The van der Waals surface area contributed by atoms with Gasteiger partial charge in [0.1, 0.15) is 0 Å². The number of anilines is 1. The molecule has 0 aliphatic carbocycles. The molecule has 1 saturated heterocycles. The molecular formula is C25H28N6O3. The third-order valence-corrected chi connectivity index (χ3v) is 6.35. The number of amides is 1. The van der Waals surface area contributed by atoms with Gasteiger partial charge in [0.2, 0.25) is 5.88 Å². The van der Waals surface area contributed by atoms with E-state index in [1.165, 1.54) is 0 Å². The Kier molecular flexibility index (Phi) is 6.37. The Morgan fingerprint density at radius 3 is 2.88 bits per heavy atom. The number of rotatable bonds is 6. The number of likely N-dealkylation sites (tertiary alicyclic amines) is 1. The van der Waals surface area contributed by atoms with Crippen molar-refractivity contribution in [1.82, 2.24) is 20.1 Å². The summed E-state index contributed by atoms with van der Waals surface area (Å²) < 4.78 is 5.06. The summed E-state index contributed by atoms with van der Waals surface area (Å²) in [6, 6.07) is 9.36. The molecule has 2 aromatic heterocycles. The van der Waals surface area contributed by atoms with Crippen LogP contribution in [0, 0.1) is 5.92 Å². The highest BCUT2D eigenvalue weighted by molar-refractivity contribution is 6.14. The zero-order valence-corrected chi connectivity index (χ0v) is 19.1. The average Bonchev–Trinajstić information content (AvgIpc) is 3.30. The molecule has 2 aliphatic heterocycles. The third-order valence-electron chi connectivity index (χ3n) is 6.35. The molecule has 3 aromatic rings. The Morgan fingerprint density at radius 1 is 1.26 bits per heavy atom. The average molecular weight is 461 g/mol. The van der Waals surface area contributed by atoms with Crippen molar-refractivity contribution in [3.8, 4) is 5.88 Å². The van der Waals surface area contributed by atoms with Crippen LogP contribution in [-0.4, -0.2) is 76.7 Å². The molecule has 4 heterocycles. The van der Waals surface area contributed by atoms with Crippen molar-refractivity contribution in [3.05, 3.63) is 53.9 Å². The molecular weight excluding hydrogens is 432 g/mol. The number of aliphatic imine (C=N–C) groups is 1. The molecule has 3 N–H and O–H groups in total. The fraction of sp³-hybridized carbons (Fsp3) is 0.360. The number of ether oxygens (including phenoxy) is 1. The monoisotopic (exact) mass is 460 g/mol. The number of methoxy groups -OCH3 is 1. The number of aliphatic hydroxyl groups is 1. The summed E-state index contributed by atoms with van der Waals surface area (Å²) in [5.74, 6) is 0.485. The number of carbonyl (C=O) groups excluding carboxylic acids is 1. The summed E-state index contributed by atoms with van der Waals surface area (Å²) in [5.41, 5.74) is 3.72. The van der Waals surface area contributed by atoms with Gasteiger partial charge in [-0.3, -0.25) is 14.9 Å². The second kappa shape index (κ2) is 9.74. The fourth-order valence-electron chi connectivity index (χ4n) is 4.48. The maximum atomic E-state index is 12.9. The number of pyridine rings is 1. The van der Waals surface area contributed by atoms with Gasteiger partial charge in [-0.2, -0.15) is 5.10 Å². The first-order valence-electron chi connectivity index (χ1n) is 11.5. The molecule has 34 heavy (non-hydrogen) atoms. The number of aromatic nitrogens is 3. The van der Waals surface area contributed by atoms with E-state index < -0.39 is 0 Å². The minimum absolute atomic E-state index is 0.166. The number of carbonyl (C=O) groups is 1. The van der Waals surface area contributed by atoms with Gasteiger partial charge in [-0.1, -0.05) is 12.1 Å². The molecule has 176 valence electrons. The van der Waals surface area contributed by atoms with Crippen LogP contribution in [0.15, 0.2) is 47.6 Å². The first-order valence-corrected chi connectivity index (χ1v) is 11.5. The number of piperidine rings is 1. The summed E-state index contributed by atoms with van der Waals surface area (Å²) >= 11 is 0. The highest BCUT2D eigenvalue weighted by atomic mass is 16.5. The molecule has 1 unspecified atom stereocenters. The highest BCUT2D eigenvalue weighted by Crippen LogP contribution is 2.26. The van der Waals surface area contributed by atoms with Gasteiger partial charge in [-0.25, -0.2) is 4.98 Å². The molecule has 0 saturated carbocycles. The van der Waals surface area contributed by atoms with E-state index in [-0.39, 0.29) is 12.0 Å². The number of aromatic amines is 1. The number of nitrogens with one attached hydrogen (secondary N) is 2. The van der Waals surface area contributed by atoms with Crippen molar-refractivity contribution in [1.29, 1.82) is 0 Å². The zero-order chi connectivity index (χ0) is 23.5. The molecule has 0 bridgehead atoms. The lowest BCUT2D eigenvalue weighted by atomic mass is 9.96. The lowest BCUT2D eigenvalue weighted by Crippen LogP contribution is -2.39. The SMILES string of the molecule is COc1ccc(NC(=O)c2n[nH]c3ccc(C4=CC(CN5CCC(O)CC5)CN=C4)cc23)cn1. The third kappa shape index (κ3) is 4.85. The van der Waals surface area contributed by atoms with E-state index >= 15 is 0 Å². The summed E-state index contributed by atoms with van der Waals surface area (Å²) in [6.45, 7) is 3.55. The van der Waals surface area contributed by atoms with Gasteiger partial charge < -0.3 is 20.1 Å². The molecule has 1 amide bonds. The number of hydrogen-bond acceptors (Lipinski definition) is 7. The second-order valence-corrected chi connectivity index (χ2v) is 8.78. The van der Waals surface area contributed by atoms with Crippen LogP contribution in [0.5, 0.6) is 5.88 Å². The van der Waals surface area contributed by atoms with Gasteiger partial charge in [0, 0.05) is 49.8 Å². The van der Waals surface area contributed by atoms with Crippen LogP contribution >= 0.6 is 0 Å². The lowest BCUT2D eigenvalue weighted by molar-refractivity contribution is 0.0783. The first kappa shape index (κ1) is 22.2. The maximum absolute atomic E-state index is 12.9. The van der Waals surface area contributed by atoms with Crippen LogP contribution in [0.1, 0.15) is 28.9 Å². The van der Waals surface area contributed by atoms with Crippen LogP contribution in [0.4, 0.5) is 5.69 Å². The lowest BCUT2D eigenvalue weighted by Gasteiger charge is -2.32. The van der Waals surface area contributed by atoms with Crippen molar-refractivity contribution >= 4 is 34.3 Å². The number of benzene rings is 1. The molecule has 9 heteroatoms. The standard InChI is InChI=1S/C25H28N6O3/c1-34-23-5-3-19(14-27-23)28-25(33)24-21-11-17(2-4-22(21)29-30-24)18-10-16(12-26-13-18)15-31-8-6-20(32)7-9-31/h2-5,10-11,13-14,16,20,32H,6-9,12,15H2,1H3,(H,28,33)(H,29,30). The molecule has 2 aliphatic rings. The molecule has 1 atom stereocenters. The van der Waals surface area contributed by atoms with Gasteiger partial charge in [0.25, 0.3) is 5.91 Å². The van der Waals surface area contributed by atoms with E-state index in [2.05, 4.69) is 36.5 Å². The minimum Gasteiger partial charge on any atom is -0.481 e. The first-order chi connectivity index (χ1) is 16.6. The van der Waals surface area contributed by atoms with E-state index in [4.69, 9.17) is 4.74 Å². The summed E-state index contributed by atoms with van der Waals surface area (Å²) in [7, 11) is 1.54. The van der Waals surface area contributed by atoms with Gasteiger partial charge in [-0.05, 0) is 42.2 Å². The Hall–Kier alpha value is -3.56. The molecule has 0 spiro atoms. The van der Waals surface area contributed by atoms with Crippen LogP contribution < -0.4 is 10.1 Å². The summed E-state index contributed by atoms with van der Waals surface area (Å²) in [6.07, 6.45) is 7.22. The van der Waals surface area contributed by atoms with Gasteiger partial charge >= 0.3 is 0 Å². The number of nitrogens with zero attached hydrogens (tertiary/aromatic N) is 4. The number of dihydropyridines is 1. The van der Waals surface area contributed by atoms with Crippen molar-refractivity contribution < 1.29 is 14.6 Å². The predicted octanol–water partition coefficient (Wildman–Crippen LogP) is 2.76. The normalized spacial score (nSPS) is 19.2. The predicted molar refractivity (Wildman–Crippen MR) is 131 cm³/mol. The molecule has 1 fully saturated rings. The van der Waals surface area contributed by atoms with Crippen molar-refractivity contribution in [3.63, 3.8) is 0 Å². The Balaban J connectivity index is 1.34. The smallest absolute Gasteiger partial charge is 0.276 e. The maximum Gasteiger partial charge on any atom is 0.276 e. The molecule has 9 nitrogen and oxygen atoms in total. The van der Waals surface area contributed by atoms with Crippen LogP contribution in [0.3, 0.4) is 0 Å². The van der Waals surface area contributed by atoms with Crippen LogP contribution in [0.2, 0.25) is 0 Å². The highest BCUT2D eigenvalue weighted by Gasteiger charge is 2.21. The molecule has 0 radical (unpaired) electrons.